The normalized spacial score (nSPS) is 20.2. The molecule has 0 aromatic heterocycles. The number of fused-ring (bicyclic) bond motifs is 1. The third-order valence-electron chi connectivity index (χ3n) is 6.79. The lowest BCUT2D eigenvalue weighted by molar-refractivity contribution is 0.296. The molecule has 3 atom stereocenters. The molecule has 3 aromatic rings. The number of ether oxygens (including phenoxy) is 2. The lowest BCUT2D eigenvalue weighted by atomic mass is 9.63. The largest absolute Gasteiger partial charge is 0.497 e. The molecular weight excluding hydrogens is 387 g/mol. The molecule has 162 valence electrons. The van der Waals surface area contributed by atoms with Crippen molar-refractivity contribution in [2.75, 3.05) is 14.2 Å². The fourth-order valence-electron chi connectivity index (χ4n) is 5.24. The number of halogens is 1. The Morgan fingerprint density at radius 1 is 0.903 bits per heavy atom. The van der Waals surface area contributed by atoms with E-state index < -0.39 is 0 Å². The summed E-state index contributed by atoms with van der Waals surface area (Å²) in [6.07, 6.45) is 3.89. The van der Waals surface area contributed by atoms with Gasteiger partial charge in [0.05, 0.1) is 14.2 Å². The Bertz CT molecular complexity index is 1010. The Morgan fingerprint density at radius 2 is 1.61 bits per heavy atom. The van der Waals surface area contributed by atoms with Crippen LogP contribution in [0.2, 0.25) is 0 Å². The van der Waals surface area contributed by atoms with Crippen LogP contribution < -0.4 is 9.47 Å². The first-order valence-corrected chi connectivity index (χ1v) is 11.2. The molecule has 3 aromatic carbocycles. The molecule has 0 N–H and O–H groups in total. The molecule has 0 saturated carbocycles. The summed E-state index contributed by atoms with van der Waals surface area (Å²) in [6, 6.07) is 22.1. The summed E-state index contributed by atoms with van der Waals surface area (Å²) in [5.74, 6) is 2.69. The van der Waals surface area contributed by atoms with E-state index in [1.807, 2.05) is 30.3 Å². The molecule has 0 bridgehead atoms. The van der Waals surface area contributed by atoms with E-state index in [2.05, 4.69) is 31.2 Å². The second-order valence-electron chi connectivity index (χ2n) is 8.50. The molecule has 0 saturated heterocycles. The first kappa shape index (κ1) is 21.4. The van der Waals surface area contributed by atoms with Gasteiger partial charge in [0.15, 0.2) is 0 Å². The zero-order valence-electron chi connectivity index (χ0n) is 18.6. The van der Waals surface area contributed by atoms with Gasteiger partial charge in [0.1, 0.15) is 17.3 Å². The summed E-state index contributed by atoms with van der Waals surface area (Å²) in [4.78, 5) is 0. The topological polar surface area (TPSA) is 18.5 Å². The van der Waals surface area contributed by atoms with Crippen molar-refractivity contribution in [1.29, 1.82) is 0 Å². The second kappa shape index (κ2) is 9.55. The van der Waals surface area contributed by atoms with E-state index in [-0.39, 0.29) is 11.7 Å². The SMILES string of the molecule is CCCC1C(c2ccc(OC)cc2)Cc2ccc(OC)cc2C1Cc1ccccc1F. The van der Waals surface area contributed by atoms with E-state index in [0.717, 1.165) is 36.3 Å². The molecule has 1 aliphatic rings. The van der Waals surface area contributed by atoms with E-state index >= 15 is 0 Å². The fraction of sp³-hybridized carbons (Fsp3) is 0.357. The molecule has 4 rings (SSSR count). The van der Waals surface area contributed by atoms with Gasteiger partial charge < -0.3 is 9.47 Å². The highest BCUT2D eigenvalue weighted by Crippen LogP contribution is 2.49. The van der Waals surface area contributed by atoms with Gasteiger partial charge in [0, 0.05) is 0 Å². The smallest absolute Gasteiger partial charge is 0.126 e. The standard InChI is InChI=1S/C28H31FO2/c1-4-7-24-25(19-10-13-22(30-2)14-11-19)16-20-12-15-23(31-3)18-26(20)27(24)17-21-8-5-6-9-28(21)29/h5-6,8-15,18,24-25,27H,4,7,16-17H2,1-3H3. The molecule has 0 radical (unpaired) electrons. The Hall–Kier alpha value is -2.81. The van der Waals surface area contributed by atoms with Gasteiger partial charge in [0.2, 0.25) is 0 Å². The summed E-state index contributed by atoms with van der Waals surface area (Å²) in [5, 5.41) is 0. The highest BCUT2D eigenvalue weighted by molar-refractivity contribution is 5.44. The lowest BCUT2D eigenvalue weighted by Crippen LogP contribution is -2.30. The van der Waals surface area contributed by atoms with Crippen LogP contribution in [0.25, 0.3) is 0 Å². The quantitative estimate of drug-likeness (QED) is 0.414. The van der Waals surface area contributed by atoms with Crippen LogP contribution in [0.1, 0.15) is 53.9 Å². The number of hydrogen-bond donors (Lipinski definition) is 0. The molecule has 2 nitrogen and oxygen atoms in total. The van der Waals surface area contributed by atoms with Gasteiger partial charge >= 0.3 is 0 Å². The second-order valence-corrected chi connectivity index (χ2v) is 8.50. The van der Waals surface area contributed by atoms with Crippen LogP contribution in [0.15, 0.2) is 66.7 Å². The predicted octanol–water partition coefficient (Wildman–Crippen LogP) is 6.93. The Morgan fingerprint density at radius 3 is 2.29 bits per heavy atom. The van der Waals surface area contributed by atoms with Gasteiger partial charge in [0.25, 0.3) is 0 Å². The van der Waals surface area contributed by atoms with Gasteiger partial charge in [-0.05, 0) is 89.6 Å². The van der Waals surface area contributed by atoms with Crippen molar-refractivity contribution in [3.63, 3.8) is 0 Å². The molecule has 0 amide bonds. The molecule has 0 spiro atoms. The van der Waals surface area contributed by atoms with Gasteiger partial charge in [-0.3, -0.25) is 0 Å². The predicted molar refractivity (Wildman–Crippen MR) is 124 cm³/mol. The maximum Gasteiger partial charge on any atom is 0.126 e. The van der Waals surface area contributed by atoms with Crippen LogP contribution in [0.5, 0.6) is 11.5 Å². The molecule has 0 heterocycles. The molecular formula is C28H31FO2. The van der Waals surface area contributed by atoms with Crippen LogP contribution in [0, 0.1) is 11.7 Å². The van der Waals surface area contributed by atoms with Crippen LogP contribution in [-0.4, -0.2) is 14.2 Å². The number of methoxy groups -OCH3 is 2. The highest BCUT2D eigenvalue weighted by Gasteiger charge is 2.37. The van der Waals surface area contributed by atoms with E-state index in [4.69, 9.17) is 9.47 Å². The van der Waals surface area contributed by atoms with Crippen molar-refractivity contribution in [3.8, 4) is 11.5 Å². The summed E-state index contributed by atoms with van der Waals surface area (Å²) in [6.45, 7) is 2.24. The van der Waals surface area contributed by atoms with Crippen molar-refractivity contribution >= 4 is 0 Å². The summed E-state index contributed by atoms with van der Waals surface area (Å²) in [7, 11) is 3.41. The zero-order chi connectivity index (χ0) is 21.8. The number of benzene rings is 3. The van der Waals surface area contributed by atoms with E-state index in [9.17, 15) is 4.39 Å². The van der Waals surface area contributed by atoms with Gasteiger partial charge in [-0.1, -0.05) is 49.7 Å². The van der Waals surface area contributed by atoms with Gasteiger partial charge in [-0.2, -0.15) is 0 Å². The maximum atomic E-state index is 14.6. The van der Waals surface area contributed by atoms with Gasteiger partial charge in [-0.15, -0.1) is 0 Å². The minimum atomic E-state index is -0.117. The van der Waals surface area contributed by atoms with Crippen LogP contribution in [0.3, 0.4) is 0 Å². The Kier molecular flexibility index (Phi) is 6.60. The van der Waals surface area contributed by atoms with Crippen LogP contribution in [0.4, 0.5) is 4.39 Å². The molecule has 3 heteroatoms. The van der Waals surface area contributed by atoms with Crippen molar-refractivity contribution in [2.45, 2.75) is 44.4 Å². The molecule has 0 aliphatic heterocycles. The minimum absolute atomic E-state index is 0.117. The first-order chi connectivity index (χ1) is 15.1. The van der Waals surface area contributed by atoms with E-state index in [1.165, 1.54) is 16.7 Å². The number of hydrogen-bond acceptors (Lipinski definition) is 2. The fourth-order valence-corrected chi connectivity index (χ4v) is 5.24. The summed E-state index contributed by atoms with van der Waals surface area (Å²) >= 11 is 0. The van der Waals surface area contributed by atoms with Crippen LogP contribution in [-0.2, 0) is 12.8 Å². The molecule has 31 heavy (non-hydrogen) atoms. The summed E-state index contributed by atoms with van der Waals surface area (Å²) < 4.78 is 25.6. The van der Waals surface area contributed by atoms with Crippen molar-refractivity contribution < 1.29 is 13.9 Å². The van der Waals surface area contributed by atoms with Gasteiger partial charge in [-0.25, -0.2) is 4.39 Å². The third kappa shape index (κ3) is 4.46. The Labute approximate surface area is 185 Å². The first-order valence-electron chi connectivity index (χ1n) is 11.2. The van der Waals surface area contributed by atoms with Crippen molar-refractivity contribution in [3.05, 3.63) is 94.8 Å². The lowest BCUT2D eigenvalue weighted by Gasteiger charge is -2.41. The third-order valence-corrected chi connectivity index (χ3v) is 6.79. The monoisotopic (exact) mass is 418 g/mol. The van der Waals surface area contributed by atoms with Crippen LogP contribution >= 0.6 is 0 Å². The average molecular weight is 419 g/mol. The minimum Gasteiger partial charge on any atom is -0.497 e. The molecule has 3 unspecified atom stereocenters. The molecule has 1 aliphatic carbocycles. The maximum absolute atomic E-state index is 14.6. The van der Waals surface area contributed by atoms with Crippen molar-refractivity contribution in [2.24, 2.45) is 5.92 Å². The highest BCUT2D eigenvalue weighted by atomic mass is 19.1. The zero-order valence-corrected chi connectivity index (χ0v) is 18.6. The van der Waals surface area contributed by atoms with Crippen molar-refractivity contribution in [1.82, 2.24) is 0 Å². The van der Waals surface area contributed by atoms with E-state index in [1.54, 1.807) is 26.4 Å². The molecule has 0 fully saturated rings. The number of rotatable bonds is 7. The summed E-state index contributed by atoms with van der Waals surface area (Å²) in [5.41, 5.74) is 4.78. The average Bonchev–Trinajstić information content (AvgIpc) is 2.81. The van der Waals surface area contributed by atoms with E-state index in [0.29, 0.717) is 18.3 Å². The Balaban J connectivity index is 1.80.